The van der Waals surface area contributed by atoms with Crippen LogP contribution in [0.1, 0.15) is 24.2 Å². The number of aryl methyl sites for hydroxylation is 1. The maximum absolute atomic E-state index is 9.64. The van der Waals surface area contributed by atoms with Gasteiger partial charge >= 0.3 is 0 Å². The summed E-state index contributed by atoms with van der Waals surface area (Å²) >= 11 is 3.51. The molecule has 19 heavy (non-hydrogen) atoms. The molecule has 0 unspecified atom stereocenters. The van der Waals surface area contributed by atoms with E-state index in [2.05, 4.69) is 52.0 Å². The van der Waals surface area contributed by atoms with E-state index in [0.29, 0.717) is 0 Å². The summed E-state index contributed by atoms with van der Waals surface area (Å²) in [5.41, 5.74) is 4.38. The Labute approximate surface area is 122 Å². The van der Waals surface area contributed by atoms with Gasteiger partial charge < -0.3 is 10.0 Å². The second-order valence-electron chi connectivity index (χ2n) is 4.78. The maximum Gasteiger partial charge on any atom is 0.0772 e. The molecule has 100 valence electrons. The zero-order chi connectivity index (χ0) is 14.0. The molecule has 0 aromatic heterocycles. The maximum atomic E-state index is 9.64. The summed E-state index contributed by atoms with van der Waals surface area (Å²) in [4.78, 5) is 2.12. The van der Waals surface area contributed by atoms with Gasteiger partial charge in [0.05, 0.1) is 6.10 Å². The van der Waals surface area contributed by atoms with E-state index in [1.165, 1.54) is 5.56 Å². The minimum Gasteiger partial charge on any atom is -0.389 e. The highest BCUT2D eigenvalue weighted by Gasteiger charge is 2.09. The number of aliphatic hydroxyl groups is 1. The Hall–Kier alpha value is -1.32. The normalized spacial score (nSPS) is 12.3. The van der Waals surface area contributed by atoms with Crippen molar-refractivity contribution in [2.75, 3.05) is 11.9 Å². The summed E-state index contributed by atoms with van der Waals surface area (Å²) in [5.74, 6) is 0. The van der Waals surface area contributed by atoms with Gasteiger partial charge in [0.1, 0.15) is 0 Å². The summed E-state index contributed by atoms with van der Waals surface area (Å²) in [6.07, 6.45) is -0.465. The largest absolute Gasteiger partial charge is 0.389 e. The van der Waals surface area contributed by atoms with Crippen LogP contribution in [-0.2, 0) is 0 Å². The third kappa shape index (κ3) is 3.17. The van der Waals surface area contributed by atoms with Crippen LogP contribution >= 0.6 is 15.9 Å². The molecule has 0 amide bonds. The molecule has 1 atom stereocenters. The van der Waals surface area contributed by atoms with Gasteiger partial charge in [-0.25, -0.2) is 0 Å². The summed E-state index contributed by atoms with van der Waals surface area (Å²) < 4.78 is 0.930. The first kappa shape index (κ1) is 14.1. The lowest BCUT2D eigenvalue weighted by Crippen LogP contribution is -2.09. The fraction of sp³-hybridized carbons (Fsp3) is 0.250. The molecule has 0 heterocycles. The van der Waals surface area contributed by atoms with Crippen LogP contribution in [0.25, 0.3) is 0 Å². The number of hydrogen-bond acceptors (Lipinski definition) is 2. The van der Waals surface area contributed by atoms with Crippen LogP contribution < -0.4 is 4.90 Å². The fourth-order valence-electron chi connectivity index (χ4n) is 1.98. The molecule has 0 saturated heterocycles. The number of aliphatic hydroxyl groups excluding tert-OH is 1. The molecule has 3 heteroatoms. The minimum atomic E-state index is -0.465. The third-order valence-electron chi connectivity index (χ3n) is 3.24. The molecular formula is C16H18BrNO. The molecule has 0 spiro atoms. The van der Waals surface area contributed by atoms with Crippen molar-refractivity contribution in [3.8, 4) is 0 Å². The standard InChI is InChI=1S/C16H18BrNO/c1-11-4-6-13(7-5-11)18(3)14-8-9-15(12(2)19)16(17)10-14/h4-10,12,19H,1-3H3/t12-/m1/s1. The summed E-state index contributed by atoms with van der Waals surface area (Å²) in [6, 6.07) is 14.4. The Morgan fingerprint density at radius 1 is 1.05 bits per heavy atom. The van der Waals surface area contributed by atoms with Crippen molar-refractivity contribution in [2.24, 2.45) is 0 Å². The van der Waals surface area contributed by atoms with Crippen LogP contribution in [-0.4, -0.2) is 12.2 Å². The quantitative estimate of drug-likeness (QED) is 0.895. The van der Waals surface area contributed by atoms with Gasteiger partial charge in [0.25, 0.3) is 0 Å². The molecule has 2 nitrogen and oxygen atoms in total. The average Bonchev–Trinajstić information content (AvgIpc) is 2.38. The van der Waals surface area contributed by atoms with Gasteiger partial charge in [-0.05, 0) is 43.7 Å². The Kier molecular flexibility index (Phi) is 4.27. The molecule has 0 aliphatic rings. The number of anilines is 2. The molecule has 0 saturated carbocycles. The summed E-state index contributed by atoms with van der Waals surface area (Å²) in [5, 5.41) is 9.64. The van der Waals surface area contributed by atoms with E-state index < -0.39 is 6.10 Å². The Morgan fingerprint density at radius 2 is 1.63 bits per heavy atom. The van der Waals surface area contributed by atoms with E-state index in [-0.39, 0.29) is 0 Å². The van der Waals surface area contributed by atoms with Crippen molar-refractivity contribution < 1.29 is 5.11 Å². The SMILES string of the molecule is Cc1ccc(N(C)c2ccc([C@@H](C)O)c(Br)c2)cc1. The number of benzene rings is 2. The Bertz CT molecular complexity index is 563. The monoisotopic (exact) mass is 319 g/mol. The third-order valence-corrected chi connectivity index (χ3v) is 3.93. The molecule has 1 N–H and O–H groups in total. The minimum absolute atomic E-state index is 0.465. The van der Waals surface area contributed by atoms with Crippen molar-refractivity contribution in [3.05, 3.63) is 58.1 Å². The number of nitrogens with zero attached hydrogens (tertiary/aromatic N) is 1. The van der Waals surface area contributed by atoms with Gasteiger partial charge in [0, 0.05) is 22.9 Å². The highest BCUT2D eigenvalue weighted by Crippen LogP contribution is 2.31. The van der Waals surface area contributed by atoms with E-state index in [0.717, 1.165) is 21.4 Å². The predicted molar refractivity (Wildman–Crippen MR) is 84.0 cm³/mol. The fourth-order valence-corrected chi connectivity index (χ4v) is 2.68. The van der Waals surface area contributed by atoms with Gasteiger partial charge in [-0.15, -0.1) is 0 Å². The predicted octanol–water partition coefficient (Wildman–Crippen LogP) is 4.58. The lowest BCUT2D eigenvalue weighted by molar-refractivity contribution is 0.198. The Morgan fingerprint density at radius 3 is 2.16 bits per heavy atom. The molecule has 0 aliphatic heterocycles. The van der Waals surface area contributed by atoms with Crippen LogP contribution in [0.5, 0.6) is 0 Å². The second-order valence-corrected chi connectivity index (χ2v) is 5.63. The molecule has 2 aromatic rings. The first-order valence-electron chi connectivity index (χ1n) is 6.27. The highest BCUT2D eigenvalue weighted by molar-refractivity contribution is 9.10. The van der Waals surface area contributed by atoms with Gasteiger partial charge in [-0.3, -0.25) is 0 Å². The van der Waals surface area contributed by atoms with Crippen molar-refractivity contribution in [1.29, 1.82) is 0 Å². The summed E-state index contributed by atoms with van der Waals surface area (Å²) in [6.45, 7) is 3.85. The molecule has 0 radical (unpaired) electrons. The van der Waals surface area contributed by atoms with Crippen molar-refractivity contribution in [2.45, 2.75) is 20.0 Å². The number of hydrogen-bond donors (Lipinski definition) is 1. The zero-order valence-corrected chi connectivity index (χ0v) is 13.0. The van der Waals surface area contributed by atoms with Crippen LogP contribution in [0.3, 0.4) is 0 Å². The lowest BCUT2D eigenvalue weighted by atomic mass is 10.1. The van der Waals surface area contributed by atoms with Gasteiger partial charge in [0.2, 0.25) is 0 Å². The molecule has 2 rings (SSSR count). The summed E-state index contributed by atoms with van der Waals surface area (Å²) in [7, 11) is 2.04. The van der Waals surface area contributed by atoms with Crippen LogP contribution in [0, 0.1) is 6.92 Å². The molecule has 0 aliphatic carbocycles. The Balaban J connectivity index is 2.31. The van der Waals surface area contributed by atoms with Gasteiger partial charge in [-0.1, -0.05) is 39.7 Å². The first-order valence-corrected chi connectivity index (χ1v) is 7.06. The van der Waals surface area contributed by atoms with Gasteiger partial charge in [0.15, 0.2) is 0 Å². The number of halogens is 1. The second kappa shape index (κ2) is 5.76. The molecular weight excluding hydrogens is 302 g/mol. The number of rotatable bonds is 3. The first-order chi connectivity index (χ1) is 8.99. The van der Waals surface area contributed by atoms with E-state index >= 15 is 0 Å². The van der Waals surface area contributed by atoms with Crippen molar-refractivity contribution in [3.63, 3.8) is 0 Å². The van der Waals surface area contributed by atoms with Crippen LogP contribution in [0.2, 0.25) is 0 Å². The molecule has 2 aromatic carbocycles. The van der Waals surface area contributed by atoms with E-state index in [1.54, 1.807) is 6.92 Å². The zero-order valence-electron chi connectivity index (χ0n) is 11.4. The molecule has 0 bridgehead atoms. The van der Waals surface area contributed by atoms with E-state index in [9.17, 15) is 5.11 Å². The van der Waals surface area contributed by atoms with Crippen LogP contribution in [0.15, 0.2) is 46.9 Å². The van der Waals surface area contributed by atoms with Crippen molar-refractivity contribution >= 4 is 27.3 Å². The average molecular weight is 320 g/mol. The van der Waals surface area contributed by atoms with Crippen molar-refractivity contribution in [1.82, 2.24) is 0 Å². The van der Waals surface area contributed by atoms with Gasteiger partial charge in [-0.2, -0.15) is 0 Å². The van der Waals surface area contributed by atoms with E-state index in [4.69, 9.17) is 0 Å². The smallest absolute Gasteiger partial charge is 0.0772 e. The van der Waals surface area contributed by atoms with Crippen LogP contribution in [0.4, 0.5) is 11.4 Å². The molecule has 0 fully saturated rings. The topological polar surface area (TPSA) is 23.5 Å². The van der Waals surface area contributed by atoms with E-state index in [1.807, 2.05) is 25.2 Å². The highest BCUT2D eigenvalue weighted by atomic mass is 79.9. The lowest BCUT2D eigenvalue weighted by Gasteiger charge is -2.21.